The molecule has 3 aromatic rings. The predicted octanol–water partition coefficient (Wildman–Crippen LogP) is 1.22. The second-order valence-corrected chi connectivity index (χ2v) is 6.15. The number of benzene rings is 1. The highest BCUT2D eigenvalue weighted by molar-refractivity contribution is 5.53. The van der Waals surface area contributed by atoms with E-state index in [1.54, 1.807) is 17.2 Å². The first-order valence-electron chi connectivity index (χ1n) is 8.37. The van der Waals surface area contributed by atoms with E-state index in [1.807, 2.05) is 18.2 Å². The minimum Gasteiger partial charge on any atom is -0.338 e. The van der Waals surface area contributed by atoms with Crippen LogP contribution >= 0.6 is 0 Å². The lowest BCUT2D eigenvalue weighted by molar-refractivity contribution is 0.181. The number of piperazine rings is 1. The molecule has 25 heavy (non-hydrogen) atoms. The molecule has 0 amide bonds. The first-order valence-corrected chi connectivity index (χ1v) is 8.37. The standard InChI is InChI=1S/C17H20N8/c1-14-3-5-15(6-4-14)16-20-22-25(21-16)13-23-9-11-24(12-10-23)17-18-7-2-8-19-17/h2-8H,9-13H2,1H3. The van der Waals surface area contributed by atoms with Gasteiger partial charge >= 0.3 is 0 Å². The molecule has 1 aromatic carbocycles. The fourth-order valence-electron chi connectivity index (χ4n) is 2.84. The lowest BCUT2D eigenvalue weighted by Crippen LogP contribution is -2.47. The number of nitrogens with zero attached hydrogens (tertiary/aromatic N) is 8. The van der Waals surface area contributed by atoms with Crippen molar-refractivity contribution in [3.05, 3.63) is 48.3 Å². The zero-order valence-electron chi connectivity index (χ0n) is 14.2. The van der Waals surface area contributed by atoms with E-state index >= 15 is 0 Å². The number of aryl methyl sites for hydroxylation is 1. The van der Waals surface area contributed by atoms with Crippen LogP contribution in [-0.4, -0.2) is 61.3 Å². The summed E-state index contributed by atoms with van der Waals surface area (Å²) in [5.74, 6) is 1.46. The lowest BCUT2D eigenvalue weighted by Gasteiger charge is -2.33. The summed E-state index contributed by atoms with van der Waals surface area (Å²) in [5, 5.41) is 12.8. The molecular weight excluding hydrogens is 316 g/mol. The minimum atomic E-state index is 0.641. The Balaban J connectivity index is 1.35. The predicted molar refractivity (Wildman–Crippen MR) is 93.8 cm³/mol. The zero-order chi connectivity index (χ0) is 17.1. The molecule has 8 nitrogen and oxygen atoms in total. The molecule has 1 aliphatic heterocycles. The molecule has 8 heteroatoms. The molecular formula is C17H20N8. The Kier molecular flexibility index (Phi) is 4.34. The second-order valence-electron chi connectivity index (χ2n) is 6.15. The third-order valence-corrected chi connectivity index (χ3v) is 4.30. The second kappa shape index (κ2) is 6.94. The highest BCUT2D eigenvalue weighted by Gasteiger charge is 2.19. The zero-order valence-corrected chi connectivity index (χ0v) is 14.2. The molecule has 1 aliphatic rings. The molecule has 1 fully saturated rings. The SMILES string of the molecule is Cc1ccc(-c2nnn(CN3CCN(c4ncccn4)CC3)n2)cc1. The van der Waals surface area contributed by atoms with Crippen LogP contribution < -0.4 is 4.90 Å². The van der Waals surface area contributed by atoms with E-state index in [0.717, 1.165) is 37.7 Å². The van der Waals surface area contributed by atoms with Crippen LogP contribution in [0.3, 0.4) is 0 Å². The highest BCUT2D eigenvalue weighted by atomic mass is 15.6. The number of aromatic nitrogens is 6. The lowest BCUT2D eigenvalue weighted by atomic mass is 10.1. The maximum atomic E-state index is 4.50. The number of tetrazole rings is 1. The molecule has 128 valence electrons. The van der Waals surface area contributed by atoms with Crippen molar-refractivity contribution in [3.8, 4) is 11.4 Å². The summed E-state index contributed by atoms with van der Waals surface area (Å²) in [6.45, 7) is 6.32. The van der Waals surface area contributed by atoms with Crippen LogP contribution in [-0.2, 0) is 6.67 Å². The average molecular weight is 336 g/mol. The van der Waals surface area contributed by atoms with E-state index in [9.17, 15) is 0 Å². The molecule has 3 heterocycles. The van der Waals surface area contributed by atoms with E-state index in [4.69, 9.17) is 0 Å². The van der Waals surface area contributed by atoms with Crippen molar-refractivity contribution in [2.75, 3.05) is 31.1 Å². The summed E-state index contributed by atoms with van der Waals surface area (Å²) in [7, 11) is 0. The van der Waals surface area contributed by atoms with Crippen molar-refractivity contribution in [3.63, 3.8) is 0 Å². The van der Waals surface area contributed by atoms with Gasteiger partial charge in [0.15, 0.2) is 0 Å². The third-order valence-electron chi connectivity index (χ3n) is 4.30. The fourth-order valence-corrected chi connectivity index (χ4v) is 2.84. The van der Waals surface area contributed by atoms with Gasteiger partial charge in [0.1, 0.15) is 6.67 Å². The molecule has 0 radical (unpaired) electrons. The third kappa shape index (κ3) is 3.63. The van der Waals surface area contributed by atoms with Gasteiger partial charge in [-0.15, -0.1) is 15.0 Å². The number of hydrogen-bond acceptors (Lipinski definition) is 7. The normalized spacial score (nSPS) is 15.5. The van der Waals surface area contributed by atoms with Gasteiger partial charge < -0.3 is 4.90 Å². The molecule has 0 saturated carbocycles. The van der Waals surface area contributed by atoms with Crippen molar-refractivity contribution < 1.29 is 0 Å². The molecule has 4 rings (SSSR count). The maximum Gasteiger partial charge on any atom is 0.225 e. The van der Waals surface area contributed by atoms with Gasteiger partial charge in [0.2, 0.25) is 11.8 Å². The van der Waals surface area contributed by atoms with Gasteiger partial charge in [-0.3, -0.25) is 4.90 Å². The van der Waals surface area contributed by atoms with Gasteiger partial charge in [-0.05, 0) is 18.2 Å². The summed E-state index contributed by atoms with van der Waals surface area (Å²) in [5.41, 5.74) is 2.21. The Hall–Kier alpha value is -2.87. The van der Waals surface area contributed by atoms with Crippen molar-refractivity contribution in [1.29, 1.82) is 0 Å². The van der Waals surface area contributed by atoms with Crippen LogP contribution in [0.1, 0.15) is 5.56 Å². The van der Waals surface area contributed by atoms with E-state index in [0.29, 0.717) is 12.5 Å². The highest BCUT2D eigenvalue weighted by Crippen LogP contribution is 2.14. The quantitative estimate of drug-likeness (QED) is 0.709. The van der Waals surface area contributed by atoms with Gasteiger partial charge in [-0.2, -0.15) is 0 Å². The molecule has 1 saturated heterocycles. The van der Waals surface area contributed by atoms with E-state index in [2.05, 4.69) is 54.2 Å². The van der Waals surface area contributed by atoms with Gasteiger partial charge in [-0.1, -0.05) is 29.8 Å². The van der Waals surface area contributed by atoms with Crippen LogP contribution in [0.25, 0.3) is 11.4 Å². The average Bonchev–Trinajstić information content (AvgIpc) is 3.12. The topological polar surface area (TPSA) is 75.9 Å². The van der Waals surface area contributed by atoms with Gasteiger partial charge in [0.25, 0.3) is 0 Å². The van der Waals surface area contributed by atoms with Crippen molar-refractivity contribution in [2.45, 2.75) is 13.6 Å². The van der Waals surface area contributed by atoms with Crippen molar-refractivity contribution in [1.82, 2.24) is 35.1 Å². The van der Waals surface area contributed by atoms with Gasteiger partial charge in [0.05, 0.1) is 0 Å². The molecule has 0 N–H and O–H groups in total. The van der Waals surface area contributed by atoms with Crippen molar-refractivity contribution in [2.24, 2.45) is 0 Å². The smallest absolute Gasteiger partial charge is 0.225 e. The molecule has 2 aromatic heterocycles. The van der Waals surface area contributed by atoms with Crippen LogP contribution in [0.5, 0.6) is 0 Å². The summed E-state index contributed by atoms with van der Waals surface area (Å²) in [6, 6.07) is 9.99. The van der Waals surface area contributed by atoms with Crippen LogP contribution in [0.4, 0.5) is 5.95 Å². The molecule has 0 atom stereocenters. The Bertz CT molecular complexity index is 806. The number of hydrogen-bond donors (Lipinski definition) is 0. The first-order chi connectivity index (χ1) is 12.3. The summed E-state index contributed by atoms with van der Waals surface area (Å²) >= 11 is 0. The Morgan fingerprint density at radius 1 is 0.960 bits per heavy atom. The molecule has 0 spiro atoms. The largest absolute Gasteiger partial charge is 0.338 e. The number of anilines is 1. The molecule has 0 bridgehead atoms. The van der Waals surface area contributed by atoms with Gasteiger partial charge in [0, 0.05) is 44.1 Å². The van der Waals surface area contributed by atoms with Crippen LogP contribution in [0, 0.1) is 6.92 Å². The monoisotopic (exact) mass is 336 g/mol. The Morgan fingerprint density at radius 2 is 1.68 bits per heavy atom. The first kappa shape index (κ1) is 15.6. The number of rotatable bonds is 4. The molecule has 0 unspecified atom stereocenters. The Morgan fingerprint density at radius 3 is 2.40 bits per heavy atom. The van der Waals surface area contributed by atoms with Crippen LogP contribution in [0.15, 0.2) is 42.7 Å². The molecule has 0 aliphatic carbocycles. The Labute approximate surface area is 146 Å². The summed E-state index contributed by atoms with van der Waals surface area (Å²) in [4.78, 5) is 14.8. The maximum absolute atomic E-state index is 4.50. The summed E-state index contributed by atoms with van der Waals surface area (Å²) in [6.07, 6.45) is 3.56. The van der Waals surface area contributed by atoms with Crippen LogP contribution in [0.2, 0.25) is 0 Å². The van der Waals surface area contributed by atoms with Crippen molar-refractivity contribution >= 4 is 5.95 Å². The van der Waals surface area contributed by atoms with E-state index in [-0.39, 0.29) is 0 Å². The van der Waals surface area contributed by atoms with Gasteiger partial charge in [-0.25, -0.2) is 9.97 Å². The summed E-state index contributed by atoms with van der Waals surface area (Å²) < 4.78 is 0. The van der Waals surface area contributed by atoms with E-state index in [1.165, 1.54) is 5.56 Å². The minimum absolute atomic E-state index is 0.641. The fraction of sp³-hybridized carbons (Fsp3) is 0.353. The van der Waals surface area contributed by atoms with E-state index < -0.39 is 0 Å².